The third-order valence-corrected chi connectivity index (χ3v) is 5.81. The molecule has 0 aliphatic carbocycles. The summed E-state index contributed by atoms with van der Waals surface area (Å²) in [5.41, 5.74) is 4.60. The molecule has 2 heterocycles. The van der Waals surface area contributed by atoms with E-state index >= 15 is 0 Å². The Morgan fingerprint density at radius 1 is 1.08 bits per heavy atom. The molecule has 4 nitrogen and oxygen atoms in total. The van der Waals surface area contributed by atoms with Crippen molar-refractivity contribution in [3.63, 3.8) is 0 Å². The largest absolute Gasteiger partial charge is 0.465 e. The predicted molar refractivity (Wildman–Crippen MR) is 104 cm³/mol. The summed E-state index contributed by atoms with van der Waals surface area (Å²) < 4.78 is 7.22. The highest BCUT2D eigenvalue weighted by atomic mass is 32.2. The van der Waals surface area contributed by atoms with Crippen molar-refractivity contribution < 1.29 is 9.53 Å². The Morgan fingerprint density at radius 2 is 1.77 bits per heavy atom. The summed E-state index contributed by atoms with van der Waals surface area (Å²) in [6.45, 7) is 3.41. The monoisotopic (exact) mass is 364 g/mol. The number of aromatic nitrogens is 2. The number of hydrogen-bond donors (Lipinski definition) is 0. The highest BCUT2D eigenvalue weighted by Crippen LogP contribution is 2.32. The molecule has 0 amide bonds. The standard InChI is InChI=1S/C21H20N2O2S/c1-2-23-18(14-22-21(23)26-19-12-13-25-20(19)24)17-10-8-16(9-11-17)15-6-4-3-5-7-15/h3-11,14,19H,2,12-13H2,1H3/t19-/m1/s1. The van der Waals surface area contributed by atoms with Crippen molar-refractivity contribution in [3.8, 4) is 22.4 Å². The molecule has 1 saturated heterocycles. The number of hydrogen-bond acceptors (Lipinski definition) is 4. The average Bonchev–Trinajstić information content (AvgIpc) is 3.29. The van der Waals surface area contributed by atoms with Crippen LogP contribution in [-0.2, 0) is 16.1 Å². The van der Waals surface area contributed by atoms with E-state index in [9.17, 15) is 4.79 Å². The molecule has 0 saturated carbocycles. The van der Waals surface area contributed by atoms with Crippen LogP contribution in [-0.4, -0.2) is 27.4 Å². The first-order valence-corrected chi connectivity index (χ1v) is 9.69. The third kappa shape index (κ3) is 3.27. The van der Waals surface area contributed by atoms with E-state index in [-0.39, 0.29) is 11.2 Å². The molecular formula is C21H20N2O2S. The van der Waals surface area contributed by atoms with E-state index in [2.05, 4.69) is 52.9 Å². The summed E-state index contributed by atoms with van der Waals surface area (Å²) in [4.78, 5) is 16.3. The maximum absolute atomic E-state index is 11.7. The van der Waals surface area contributed by atoms with E-state index in [4.69, 9.17) is 4.74 Å². The van der Waals surface area contributed by atoms with Gasteiger partial charge in [0.2, 0.25) is 0 Å². The second kappa shape index (κ2) is 7.38. The zero-order chi connectivity index (χ0) is 17.9. The molecule has 0 bridgehead atoms. The number of thioether (sulfide) groups is 1. The summed E-state index contributed by atoms with van der Waals surface area (Å²) in [5.74, 6) is -0.130. The minimum atomic E-state index is -0.143. The first-order valence-electron chi connectivity index (χ1n) is 8.81. The van der Waals surface area contributed by atoms with Gasteiger partial charge in [0.15, 0.2) is 5.16 Å². The number of imidazole rings is 1. The van der Waals surface area contributed by atoms with E-state index in [0.29, 0.717) is 6.61 Å². The predicted octanol–water partition coefficient (Wildman–Crippen LogP) is 4.64. The fourth-order valence-electron chi connectivity index (χ4n) is 3.16. The van der Waals surface area contributed by atoms with Crippen LogP contribution in [0.15, 0.2) is 66.0 Å². The average molecular weight is 364 g/mol. The van der Waals surface area contributed by atoms with Crippen LogP contribution in [0.2, 0.25) is 0 Å². The van der Waals surface area contributed by atoms with Crippen LogP contribution in [0.1, 0.15) is 13.3 Å². The Hall–Kier alpha value is -2.53. The lowest BCUT2D eigenvalue weighted by Gasteiger charge is -2.11. The Balaban J connectivity index is 1.60. The minimum Gasteiger partial charge on any atom is -0.465 e. The van der Waals surface area contributed by atoms with Gasteiger partial charge in [0, 0.05) is 13.0 Å². The minimum absolute atomic E-state index is 0.130. The molecule has 0 radical (unpaired) electrons. The number of ether oxygens (including phenoxy) is 1. The van der Waals surface area contributed by atoms with Gasteiger partial charge < -0.3 is 9.30 Å². The molecule has 26 heavy (non-hydrogen) atoms. The molecule has 1 aliphatic rings. The molecule has 1 aliphatic heterocycles. The van der Waals surface area contributed by atoms with Gasteiger partial charge in [-0.1, -0.05) is 66.4 Å². The highest BCUT2D eigenvalue weighted by molar-refractivity contribution is 8.00. The van der Waals surface area contributed by atoms with Crippen molar-refractivity contribution in [1.82, 2.24) is 9.55 Å². The van der Waals surface area contributed by atoms with Crippen molar-refractivity contribution in [2.75, 3.05) is 6.61 Å². The normalized spacial score (nSPS) is 16.7. The number of carbonyl (C=O) groups is 1. The molecule has 0 unspecified atom stereocenters. The van der Waals surface area contributed by atoms with Gasteiger partial charge in [0.05, 0.1) is 18.5 Å². The fraction of sp³-hybridized carbons (Fsp3) is 0.238. The molecule has 1 fully saturated rings. The van der Waals surface area contributed by atoms with Crippen molar-refractivity contribution in [1.29, 1.82) is 0 Å². The lowest BCUT2D eigenvalue weighted by molar-refractivity contribution is -0.137. The fourth-order valence-corrected chi connectivity index (χ4v) is 4.27. The van der Waals surface area contributed by atoms with Crippen LogP contribution >= 0.6 is 11.8 Å². The molecule has 5 heteroatoms. The van der Waals surface area contributed by atoms with Crippen molar-refractivity contribution in [3.05, 3.63) is 60.8 Å². The van der Waals surface area contributed by atoms with E-state index in [1.165, 1.54) is 22.9 Å². The first-order chi connectivity index (χ1) is 12.8. The topological polar surface area (TPSA) is 44.1 Å². The summed E-state index contributed by atoms with van der Waals surface area (Å²) in [6.07, 6.45) is 2.64. The molecular weight excluding hydrogens is 344 g/mol. The van der Waals surface area contributed by atoms with E-state index in [1.54, 1.807) is 0 Å². The summed E-state index contributed by atoms with van der Waals surface area (Å²) in [6, 6.07) is 18.9. The maximum Gasteiger partial charge on any atom is 0.319 e. The van der Waals surface area contributed by atoms with Gasteiger partial charge in [0.25, 0.3) is 0 Å². The zero-order valence-corrected chi connectivity index (χ0v) is 15.4. The summed E-state index contributed by atoms with van der Waals surface area (Å²) >= 11 is 1.50. The molecule has 3 aromatic rings. The molecule has 132 valence electrons. The molecule has 0 spiro atoms. The smallest absolute Gasteiger partial charge is 0.319 e. The van der Waals surface area contributed by atoms with E-state index in [1.807, 2.05) is 24.4 Å². The van der Waals surface area contributed by atoms with Crippen LogP contribution in [0.3, 0.4) is 0 Å². The SMILES string of the molecule is CCn1c(-c2ccc(-c3ccccc3)cc2)cnc1S[C@@H]1CCOC1=O. The zero-order valence-electron chi connectivity index (χ0n) is 14.6. The molecule has 4 rings (SSSR count). The Bertz CT molecular complexity index is 904. The lowest BCUT2D eigenvalue weighted by atomic mass is 10.0. The first kappa shape index (κ1) is 16.9. The molecule has 2 aromatic carbocycles. The third-order valence-electron chi connectivity index (χ3n) is 4.56. The van der Waals surface area contributed by atoms with Gasteiger partial charge in [-0.15, -0.1) is 0 Å². The van der Waals surface area contributed by atoms with Crippen molar-refractivity contribution in [2.24, 2.45) is 0 Å². The van der Waals surface area contributed by atoms with Gasteiger partial charge >= 0.3 is 5.97 Å². The van der Waals surface area contributed by atoms with Crippen LogP contribution < -0.4 is 0 Å². The van der Waals surface area contributed by atoms with Crippen LogP contribution in [0.25, 0.3) is 22.4 Å². The van der Waals surface area contributed by atoms with Gasteiger partial charge in [-0.3, -0.25) is 4.79 Å². The highest BCUT2D eigenvalue weighted by Gasteiger charge is 2.29. The Labute approximate surface area is 157 Å². The van der Waals surface area contributed by atoms with Crippen LogP contribution in [0.4, 0.5) is 0 Å². The maximum atomic E-state index is 11.7. The van der Waals surface area contributed by atoms with Gasteiger partial charge in [-0.25, -0.2) is 4.98 Å². The molecule has 0 N–H and O–H groups in total. The van der Waals surface area contributed by atoms with E-state index in [0.717, 1.165) is 29.4 Å². The number of benzene rings is 2. The molecule has 1 atom stereocenters. The lowest BCUT2D eigenvalue weighted by Crippen LogP contribution is -2.11. The second-order valence-corrected chi connectivity index (χ2v) is 7.35. The second-order valence-electron chi connectivity index (χ2n) is 6.18. The Morgan fingerprint density at radius 3 is 2.42 bits per heavy atom. The number of carbonyl (C=O) groups excluding carboxylic acids is 1. The summed E-state index contributed by atoms with van der Waals surface area (Å²) in [7, 11) is 0. The number of cyclic esters (lactones) is 1. The Kier molecular flexibility index (Phi) is 4.80. The van der Waals surface area contributed by atoms with Crippen LogP contribution in [0, 0.1) is 0 Å². The van der Waals surface area contributed by atoms with E-state index < -0.39 is 0 Å². The number of esters is 1. The van der Waals surface area contributed by atoms with Crippen LogP contribution in [0.5, 0.6) is 0 Å². The van der Waals surface area contributed by atoms with Gasteiger partial charge in [-0.2, -0.15) is 0 Å². The summed E-state index contributed by atoms with van der Waals surface area (Å²) in [5, 5.41) is 0.731. The van der Waals surface area contributed by atoms with Crippen molar-refractivity contribution in [2.45, 2.75) is 30.3 Å². The van der Waals surface area contributed by atoms with Gasteiger partial charge in [-0.05, 0) is 23.6 Å². The quantitative estimate of drug-likeness (QED) is 0.619. The van der Waals surface area contributed by atoms with Crippen molar-refractivity contribution >= 4 is 17.7 Å². The number of rotatable bonds is 5. The van der Waals surface area contributed by atoms with Gasteiger partial charge in [0.1, 0.15) is 5.25 Å². The molecule has 1 aromatic heterocycles. The number of nitrogens with zero attached hydrogens (tertiary/aromatic N) is 2.